The monoisotopic (exact) mass is 362 g/mol. The highest BCUT2D eigenvalue weighted by molar-refractivity contribution is 7.90. The Balaban J connectivity index is 1.61. The number of amides is 1. The van der Waals surface area contributed by atoms with Gasteiger partial charge in [-0.3, -0.25) is 4.79 Å². The summed E-state index contributed by atoms with van der Waals surface area (Å²) in [4.78, 5) is 17.3. The number of nitrogens with zero attached hydrogens (tertiary/aromatic N) is 2. The second kappa shape index (κ2) is 7.70. The fourth-order valence-corrected chi connectivity index (χ4v) is 4.30. The summed E-state index contributed by atoms with van der Waals surface area (Å²) in [6.07, 6.45) is 9.25. The zero-order valence-electron chi connectivity index (χ0n) is 14.7. The van der Waals surface area contributed by atoms with Gasteiger partial charge in [-0.2, -0.15) is 0 Å². The van der Waals surface area contributed by atoms with Crippen LogP contribution in [0.15, 0.2) is 35.2 Å². The first-order chi connectivity index (χ1) is 11.9. The van der Waals surface area contributed by atoms with E-state index in [9.17, 15) is 13.2 Å². The molecule has 2 fully saturated rings. The Kier molecular flexibility index (Phi) is 5.59. The molecule has 0 aromatic heterocycles. The largest absolute Gasteiger partial charge is 0.335 e. The number of carbonyl (C=O) groups excluding carboxylic acids is 1. The fourth-order valence-electron chi connectivity index (χ4n) is 3.67. The average molecular weight is 362 g/mol. The van der Waals surface area contributed by atoms with Crippen molar-refractivity contribution in [2.45, 2.75) is 36.6 Å². The molecular weight excluding hydrogens is 336 g/mol. The SMILES string of the molecule is CS(=O)(=O)c1ccc(/C=C/C(=O)N2CCC[C@H]2CN2CCCC2)cc1. The molecule has 2 aliphatic rings. The summed E-state index contributed by atoms with van der Waals surface area (Å²) in [6.45, 7) is 4.12. The highest BCUT2D eigenvalue weighted by Crippen LogP contribution is 2.21. The highest BCUT2D eigenvalue weighted by atomic mass is 32.2. The zero-order valence-corrected chi connectivity index (χ0v) is 15.5. The molecule has 2 aliphatic heterocycles. The maximum absolute atomic E-state index is 12.6. The number of carbonyl (C=O) groups is 1. The lowest BCUT2D eigenvalue weighted by Gasteiger charge is -2.27. The van der Waals surface area contributed by atoms with E-state index in [1.165, 1.54) is 19.1 Å². The lowest BCUT2D eigenvalue weighted by atomic mass is 10.2. The molecule has 0 N–H and O–H groups in total. The smallest absolute Gasteiger partial charge is 0.246 e. The van der Waals surface area contributed by atoms with Gasteiger partial charge in [0.2, 0.25) is 5.91 Å². The van der Waals surface area contributed by atoms with Crippen molar-refractivity contribution >= 4 is 21.8 Å². The molecule has 0 spiro atoms. The lowest BCUT2D eigenvalue weighted by molar-refractivity contribution is -0.127. The Labute approximate surface area is 150 Å². The number of hydrogen-bond acceptors (Lipinski definition) is 4. The van der Waals surface area contributed by atoms with Gasteiger partial charge in [0.15, 0.2) is 9.84 Å². The molecule has 1 atom stereocenters. The summed E-state index contributed by atoms with van der Waals surface area (Å²) in [5.41, 5.74) is 0.830. The van der Waals surface area contributed by atoms with Crippen molar-refractivity contribution < 1.29 is 13.2 Å². The first kappa shape index (κ1) is 18.1. The Hall–Kier alpha value is -1.66. The molecule has 2 heterocycles. The molecule has 0 saturated carbocycles. The maximum Gasteiger partial charge on any atom is 0.246 e. The minimum Gasteiger partial charge on any atom is -0.335 e. The molecular formula is C19H26N2O3S. The summed E-state index contributed by atoms with van der Waals surface area (Å²) < 4.78 is 23.0. The number of rotatable bonds is 5. The molecule has 1 amide bonds. The second-order valence-electron chi connectivity index (χ2n) is 7.01. The standard InChI is InChI=1S/C19H26N2O3S/c1-25(23,24)18-9-6-16(7-10-18)8-11-19(22)21-14-4-5-17(21)15-20-12-2-3-13-20/h6-11,17H,2-5,12-15H2,1H3/b11-8+/t17-/m0/s1. The third-order valence-corrected chi connectivity index (χ3v) is 6.18. The quantitative estimate of drug-likeness (QED) is 0.754. The molecule has 0 bridgehead atoms. The zero-order chi connectivity index (χ0) is 17.9. The summed E-state index contributed by atoms with van der Waals surface area (Å²) in [5, 5.41) is 0. The van der Waals surface area contributed by atoms with E-state index in [0.717, 1.165) is 44.6 Å². The minimum atomic E-state index is -3.19. The van der Waals surface area contributed by atoms with Gasteiger partial charge in [0, 0.05) is 31.5 Å². The van der Waals surface area contributed by atoms with Gasteiger partial charge in [-0.25, -0.2) is 8.42 Å². The van der Waals surface area contributed by atoms with Crippen molar-refractivity contribution in [2.24, 2.45) is 0 Å². The summed E-state index contributed by atoms with van der Waals surface area (Å²) in [5.74, 6) is 0.0499. The first-order valence-electron chi connectivity index (χ1n) is 8.95. The number of benzene rings is 1. The second-order valence-corrected chi connectivity index (χ2v) is 9.03. The van der Waals surface area contributed by atoms with E-state index in [0.29, 0.717) is 10.9 Å². The number of sulfone groups is 1. The van der Waals surface area contributed by atoms with Crippen LogP contribution < -0.4 is 0 Å². The van der Waals surface area contributed by atoms with Gasteiger partial charge >= 0.3 is 0 Å². The van der Waals surface area contributed by atoms with Crippen LogP contribution in [0.25, 0.3) is 6.08 Å². The highest BCUT2D eigenvalue weighted by Gasteiger charge is 2.29. The Morgan fingerprint density at radius 3 is 2.44 bits per heavy atom. The Morgan fingerprint density at radius 2 is 1.80 bits per heavy atom. The van der Waals surface area contributed by atoms with E-state index < -0.39 is 9.84 Å². The van der Waals surface area contributed by atoms with Gasteiger partial charge in [0.25, 0.3) is 0 Å². The van der Waals surface area contributed by atoms with Crippen LogP contribution in [0, 0.1) is 0 Å². The molecule has 0 radical (unpaired) electrons. The predicted octanol–water partition coefficient (Wildman–Crippen LogP) is 2.19. The van der Waals surface area contributed by atoms with Crippen LogP contribution in [-0.2, 0) is 14.6 Å². The van der Waals surface area contributed by atoms with Crippen molar-refractivity contribution in [1.82, 2.24) is 9.80 Å². The van der Waals surface area contributed by atoms with Crippen molar-refractivity contribution in [2.75, 3.05) is 32.4 Å². The van der Waals surface area contributed by atoms with Gasteiger partial charge in [-0.15, -0.1) is 0 Å². The van der Waals surface area contributed by atoms with Crippen LogP contribution in [0.3, 0.4) is 0 Å². The average Bonchev–Trinajstić information content (AvgIpc) is 3.24. The van der Waals surface area contributed by atoms with Gasteiger partial charge in [0.05, 0.1) is 4.90 Å². The van der Waals surface area contributed by atoms with Crippen LogP contribution >= 0.6 is 0 Å². The topological polar surface area (TPSA) is 57.7 Å². The van der Waals surface area contributed by atoms with Crippen molar-refractivity contribution in [3.05, 3.63) is 35.9 Å². The predicted molar refractivity (Wildman–Crippen MR) is 99.0 cm³/mol. The fraction of sp³-hybridized carbons (Fsp3) is 0.526. The van der Waals surface area contributed by atoms with Crippen molar-refractivity contribution in [1.29, 1.82) is 0 Å². The van der Waals surface area contributed by atoms with Crippen LogP contribution in [0.5, 0.6) is 0 Å². The van der Waals surface area contributed by atoms with Gasteiger partial charge < -0.3 is 9.80 Å². The summed E-state index contributed by atoms with van der Waals surface area (Å²) >= 11 is 0. The molecule has 136 valence electrons. The molecule has 0 unspecified atom stereocenters. The molecule has 1 aromatic rings. The van der Waals surface area contributed by atoms with Crippen LogP contribution in [0.4, 0.5) is 0 Å². The van der Waals surface area contributed by atoms with Gasteiger partial charge in [0.1, 0.15) is 0 Å². The molecule has 5 nitrogen and oxygen atoms in total. The molecule has 3 rings (SSSR count). The summed E-state index contributed by atoms with van der Waals surface area (Å²) in [6, 6.07) is 6.93. The Bertz CT molecular complexity index is 734. The summed E-state index contributed by atoms with van der Waals surface area (Å²) in [7, 11) is -3.19. The molecule has 6 heteroatoms. The van der Waals surface area contributed by atoms with E-state index in [1.807, 2.05) is 4.90 Å². The van der Waals surface area contributed by atoms with Crippen molar-refractivity contribution in [3.8, 4) is 0 Å². The normalized spacial score (nSPS) is 22.1. The van der Waals surface area contributed by atoms with E-state index in [2.05, 4.69) is 4.90 Å². The molecule has 0 aliphatic carbocycles. The Morgan fingerprint density at radius 1 is 1.12 bits per heavy atom. The van der Waals surface area contributed by atoms with E-state index in [1.54, 1.807) is 36.4 Å². The van der Waals surface area contributed by atoms with Crippen LogP contribution in [0.1, 0.15) is 31.2 Å². The van der Waals surface area contributed by atoms with E-state index in [-0.39, 0.29) is 5.91 Å². The van der Waals surface area contributed by atoms with Gasteiger partial charge in [-0.05, 0) is 62.5 Å². The third kappa shape index (κ3) is 4.70. The minimum absolute atomic E-state index is 0.0499. The molecule has 2 saturated heterocycles. The van der Waals surface area contributed by atoms with Crippen molar-refractivity contribution in [3.63, 3.8) is 0 Å². The van der Waals surface area contributed by atoms with Gasteiger partial charge in [-0.1, -0.05) is 12.1 Å². The molecule has 25 heavy (non-hydrogen) atoms. The van der Waals surface area contributed by atoms with E-state index in [4.69, 9.17) is 0 Å². The third-order valence-electron chi connectivity index (χ3n) is 5.05. The van der Waals surface area contributed by atoms with E-state index >= 15 is 0 Å². The lowest BCUT2D eigenvalue weighted by Crippen LogP contribution is -2.41. The number of likely N-dealkylation sites (tertiary alicyclic amines) is 2. The van der Waals surface area contributed by atoms with Crippen LogP contribution in [0.2, 0.25) is 0 Å². The number of hydrogen-bond donors (Lipinski definition) is 0. The first-order valence-corrected chi connectivity index (χ1v) is 10.8. The van der Waals surface area contributed by atoms with Crippen LogP contribution in [-0.4, -0.2) is 62.6 Å². The molecule has 1 aromatic carbocycles. The maximum atomic E-state index is 12.6.